The largest absolute Gasteiger partial charge is 0.462 e. The minimum Gasteiger partial charge on any atom is -0.462 e. The molecule has 0 radical (unpaired) electrons. The molecule has 4 aliphatic carbocycles. The van der Waals surface area contributed by atoms with E-state index in [9.17, 15) is 49.6 Å². The smallest absolute Gasteiger partial charge is 0.323 e. The summed E-state index contributed by atoms with van der Waals surface area (Å²) in [5, 5.41) is 41.6. The van der Waals surface area contributed by atoms with Crippen LogP contribution in [0.2, 0.25) is 0 Å². The molecule has 9 atom stereocenters. The van der Waals surface area contributed by atoms with Crippen molar-refractivity contribution in [3.63, 3.8) is 0 Å². The zero-order valence-electron chi connectivity index (χ0n) is 25.1. The Morgan fingerprint density at radius 3 is 2.51 bits per heavy atom. The maximum Gasteiger partial charge on any atom is 0.323 e. The van der Waals surface area contributed by atoms with Crippen LogP contribution >= 0.6 is 0 Å². The van der Waals surface area contributed by atoms with Gasteiger partial charge in [0.15, 0.2) is 12.7 Å². The molecule has 3 fully saturated rings. The Balaban J connectivity index is 1.33. The van der Waals surface area contributed by atoms with Crippen LogP contribution in [0, 0.1) is 48.8 Å². The van der Waals surface area contributed by atoms with Crippen LogP contribution in [0.25, 0.3) is 0 Å². The van der Waals surface area contributed by atoms with Gasteiger partial charge in [-0.05, 0) is 55.3 Å². The lowest BCUT2D eigenvalue weighted by Crippen LogP contribution is -2.62. The number of rotatable bonds is 13. The molecule has 45 heavy (non-hydrogen) atoms. The van der Waals surface area contributed by atoms with Gasteiger partial charge in [-0.15, -0.1) is 20.2 Å². The van der Waals surface area contributed by atoms with E-state index in [0.29, 0.717) is 32.1 Å². The first-order chi connectivity index (χ1) is 21.0. The highest BCUT2D eigenvalue weighted by atomic mass is 17.0. The summed E-state index contributed by atoms with van der Waals surface area (Å²) >= 11 is 0. The predicted molar refractivity (Wildman–Crippen MR) is 147 cm³/mol. The molecular formula is C28H39N3O14. The van der Waals surface area contributed by atoms with Crippen molar-refractivity contribution in [1.82, 2.24) is 0 Å². The van der Waals surface area contributed by atoms with Gasteiger partial charge in [0, 0.05) is 18.3 Å². The van der Waals surface area contributed by atoms with Gasteiger partial charge in [0.25, 0.3) is 10.2 Å². The normalized spacial score (nSPS) is 35.0. The number of nitrogens with two attached hydrogens (primary N) is 1. The predicted octanol–water partition coefficient (Wildman–Crippen LogP) is 0.378. The number of Topliss-reactive ketones (excluding diaryl/α,β-unsaturated/α-hetero) is 2. The number of ketones is 2. The fraction of sp³-hybridized carbons (Fsp3) is 0.786. The Morgan fingerprint density at radius 2 is 1.84 bits per heavy atom. The van der Waals surface area contributed by atoms with Crippen LogP contribution < -0.4 is 5.73 Å². The Labute approximate surface area is 257 Å². The number of carbonyl (C=O) groups is 4. The molecule has 250 valence electrons. The van der Waals surface area contributed by atoms with E-state index in [4.69, 9.17) is 15.2 Å². The van der Waals surface area contributed by atoms with Gasteiger partial charge < -0.3 is 35.1 Å². The van der Waals surface area contributed by atoms with Gasteiger partial charge in [0.2, 0.25) is 5.78 Å². The van der Waals surface area contributed by atoms with Crippen LogP contribution in [0.5, 0.6) is 0 Å². The Kier molecular flexibility index (Phi) is 9.84. The second kappa shape index (κ2) is 13.0. The van der Waals surface area contributed by atoms with Crippen LogP contribution in [0.1, 0.15) is 65.2 Å². The lowest BCUT2D eigenvalue weighted by Gasteiger charge is -2.59. The van der Waals surface area contributed by atoms with Crippen molar-refractivity contribution in [3.8, 4) is 0 Å². The minimum atomic E-state index is -1.88. The third-order valence-electron chi connectivity index (χ3n) is 10.5. The maximum atomic E-state index is 13.4. The maximum absolute atomic E-state index is 13.4. The van der Waals surface area contributed by atoms with Crippen LogP contribution in [0.15, 0.2) is 11.6 Å². The van der Waals surface area contributed by atoms with Crippen LogP contribution in [-0.2, 0) is 38.3 Å². The molecule has 0 heterocycles. The zero-order chi connectivity index (χ0) is 33.3. The number of nitrogens with zero attached hydrogens (tertiary/aromatic N) is 2. The third kappa shape index (κ3) is 6.65. The van der Waals surface area contributed by atoms with Gasteiger partial charge in [-0.25, -0.2) is 0 Å². The van der Waals surface area contributed by atoms with E-state index in [1.54, 1.807) is 6.92 Å². The van der Waals surface area contributed by atoms with E-state index in [1.165, 1.54) is 0 Å². The summed E-state index contributed by atoms with van der Waals surface area (Å²) < 4.78 is 9.79. The monoisotopic (exact) mass is 641 g/mol. The number of aliphatic hydroxyl groups excluding tert-OH is 1. The fourth-order valence-corrected chi connectivity index (χ4v) is 8.32. The molecule has 17 heteroatoms. The van der Waals surface area contributed by atoms with Crippen LogP contribution in [0.4, 0.5) is 0 Å². The Morgan fingerprint density at radius 1 is 1.13 bits per heavy atom. The van der Waals surface area contributed by atoms with Gasteiger partial charge in [-0.3, -0.25) is 19.2 Å². The number of esters is 2. The molecule has 2 unspecified atom stereocenters. The van der Waals surface area contributed by atoms with Gasteiger partial charge in [-0.1, -0.05) is 25.5 Å². The van der Waals surface area contributed by atoms with Crippen molar-refractivity contribution < 1.29 is 58.7 Å². The number of hydrogen-bond acceptors (Lipinski definition) is 15. The van der Waals surface area contributed by atoms with Gasteiger partial charge in [0.05, 0.1) is 12.5 Å². The molecule has 0 bridgehead atoms. The molecule has 0 amide bonds. The van der Waals surface area contributed by atoms with Crippen LogP contribution in [-0.4, -0.2) is 87.6 Å². The topological polar surface area (TPSA) is 258 Å². The highest BCUT2D eigenvalue weighted by molar-refractivity contribution is 5.91. The second-order valence-corrected chi connectivity index (χ2v) is 13.0. The lowest BCUT2D eigenvalue weighted by atomic mass is 9.46. The second-order valence-electron chi connectivity index (χ2n) is 13.0. The molecule has 0 spiro atoms. The van der Waals surface area contributed by atoms with Crippen molar-refractivity contribution in [3.05, 3.63) is 31.9 Å². The SMILES string of the molecule is C[C@]12CCC(=O)CC1=CC[C@@H]1[C@@H]2[C@@H](O)C[C@@]2(C)[C@H]1CC[C@]2(O)C(=O)COC(=O)CC(N)C(=O)OCC(CO[N+](=O)[O-])O[N+](=O)[O-]. The first-order valence-electron chi connectivity index (χ1n) is 14.8. The van der Waals surface area contributed by atoms with Crippen molar-refractivity contribution in [2.24, 2.45) is 34.3 Å². The molecule has 0 saturated heterocycles. The molecule has 0 aromatic rings. The zero-order valence-corrected chi connectivity index (χ0v) is 25.1. The number of allylic oxidation sites excluding steroid dienone is 2. The summed E-state index contributed by atoms with van der Waals surface area (Å²) in [5.41, 5.74) is 3.52. The molecule has 3 saturated carbocycles. The minimum absolute atomic E-state index is 0.00412. The van der Waals surface area contributed by atoms with Gasteiger partial charge in [0.1, 0.15) is 30.6 Å². The van der Waals surface area contributed by atoms with E-state index >= 15 is 0 Å². The van der Waals surface area contributed by atoms with Gasteiger partial charge >= 0.3 is 11.9 Å². The van der Waals surface area contributed by atoms with Crippen molar-refractivity contribution in [2.45, 2.75) is 89.1 Å². The summed E-state index contributed by atoms with van der Waals surface area (Å²) in [6.07, 6.45) is 1.84. The Hall–Kier alpha value is -3.70. The number of ether oxygens (including phenoxy) is 2. The van der Waals surface area contributed by atoms with E-state index in [0.717, 1.165) is 5.57 Å². The number of aliphatic hydroxyl groups is 2. The average Bonchev–Trinajstić information content (AvgIpc) is 3.23. The van der Waals surface area contributed by atoms with Crippen molar-refractivity contribution in [2.75, 3.05) is 19.8 Å². The first-order valence-corrected chi connectivity index (χ1v) is 14.8. The molecule has 4 aliphatic rings. The highest BCUT2D eigenvalue weighted by Gasteiger charge is 2.68. The number of carbonyl (C=O) groups excluding carboxylic acids is 4. The Bertz CT molecular complexity index is 1270. The summed E-state index contributed by atoms with van der Waals surface area (Å²) in [7, 11) is 0. The first kappa shape index (κ1) is 34.2. The molecule has 4 rings (SSSR count). The molecule has 0 aromatic carbocycles. The number of fused-ring (bicyclic) bond motifs is 5. The van der Waals surface area contributed by atoms with E-state index in [1.807, 2.05) is 0 Å². The van der Waals surface area contributed by atoms with E-state index in [2.05, 4.69) is 22.7 Å². The summed E-state index contributed by atoms with van der Waals surface area (Å²) in [6, 6.07) is -1.61. The van der Waals surface area contributed by atoms with Crippen LogP contribution in [0.3, 0.4) is 0 Å². The van der Waals surface area contributed by atoms with Crippen molar-refractivity contribution in [1.29, 1.82) is 0 Å². The van der Waals surface area contributed by atoms with E-state index in [-0.39, 0.29) is 41.8 Å². The summed E-state index contributed by atoms with van der Waals surface area (Å²) in [4.78, 5) is 79.1. The molecule has 0 aliphatic heterocycles. The highest BCUT2D eigenvalue weighted by Crippen LogP contribution is 2.67. The number of hydrogen-bond donors (Lipinski definition) is 3. The quantitative estimate of drug-likeness (QED) is 0.106. The van der Waals surface area contributed by atoms with E-state index < -0.39 is 83.4 Å². The molecule has 4 N–H and O–H groups in total. The molecular weight excluding hydrogens is 602 g/mol. The summed E-state index contributed by atoms with van der Waals surface area (Å²) in [5.74, 6) is -3.01. The lowest BCUT2D eigenvalue weighted by molar-refractivity contribution is -0.790. The van der Waals surface area contributed by atoms with Gasteiger partial charge in [-0.2, -0.15) is 0 Å². The molecule has 0 aromatic heterocycles. The third-order valence-corrected chi connectivity index (χ3v) is 10.5. The van der Waals surface area contributed by atoms with Crippen molar-refractivity contribution >= 4 is 23.5 Å². The fourth-order valence-electron chi connectivity index (χ4n) is 8.32. The molecule has 17 nitrogen and oxygen atoms in total. The standard InChI is InChI=1S/C28H39N3O14/c1-26-7-5-16(32)9-15(26)3-4-18-19-6-8-28(37,27(19,2)11-21(33)24(18)26)22(34)14-42-23(35)10-20(29)25(36)43-12-17(45-31(40)41)13-44-30(38)39/h3,17-21,24,33,37H,4-14,29H2,1-2H3/t17?,18-,19-,20?,21-,24+,26-,27-,28-/m0/s1. The summed E-state index contributed by atoms with van der Waals surface area (Å²) in [6.45, 7) is 1.33. The average molecular weight is 642 g/mol.